The Morgan fingerprint density at radius 1 is 1.33 bits per heavy atom. The third kappa shape index (κ3) is 2.98. The summed E-state index contributed by atoms with van der Waals surface area (Å²) in [5, 5.41) is 10.4. The van der Waals surface area contributed by atoms with Gasteiger partial charge in [-0.2, -0.15) is 10.2 Å². The first-order valence-corrected chi connectivity index (χ1v) is 7.12. The number of carbonyl (C=O) groups excluding carboxylic acids is 1. The Morgan fingerprint density at radius 3 is 2.75 bits per heavy atom. The second-order valence-corrected chi connectivity index (χ2v) is 5.23. The summed E-state index contributed by atoms with van der Waals surface area (Å²) in [4.78, 5) is 16.2. The highest BCUT2D eigenvalue weighted by Crippen LogP contribution is 2.28. The van der Waals surface area contributed by atoms with E-state index in [2.05, 4.69) is 20.5 Å². The van der Waals surface area contributed by atoms with Crippen LogP contribution in [0, 0.1) is 0 Å². The second kappa shape index (κ2) is 6.36. The van der Waals surface area contributed by atoms with Crippen LogP contribution in [0.1, 0.15) is 22.5 Å². The molecule has 3 rings (SSSR count). The maximum Gasteiger partial charge on any atom is 0.281 e. The predicted molar refractivity (Wildman–Crippen MR) is 82.5 cm³/mol. The van der Waals surface area contributed by atoms with Crippen molar-refractivity contribution < 1.29 is 13.6 Å². The summed E-state index contributed by atoms with van der Waals surface area (Å²) in [5.41, 5.74) is -0.473. The van der Waals surface area contributed by atoms with Crippen molar-refractivity contribution in [3.63, 3.8) is 0 Å². The summed E-state index contributed by atoms with van der Waals surface area (Å²) >= 11 is 5.98. The predicted octanol–water partition coefficient (Wildman–Crippen LogP) is 2.84. The normalized spacial score (nSPS) is 11.0. The van der Waals surface area contributed by atoms with Crippen LogP contribution in [-0.2, 0) is 7.05 Å². The van der Waals surface area contributed by atoms with Crippen molar-refractivity contribution in [1.29, 1.82) is 0 Å². The number of nitrogens with zero attached hydrogens (tertiary/aromatic N) is 5. The highest BCUT2D eigenvalue weighted by Gasteiger charge is 2.26. The SMILES string of the molecule is Cn1cc(NC(=O)c2cnn(-c3ncccc3Cl)c2C(F)F)cn1. The van der Waals surface area contributed by atoms with Crippen LogP contribution in [-0.4, -0.2) is 30.5 Å². The number of alkyl halides is 2. The summed E-state index contributed by atoms with van der Waals surface area (Å²) in [7, 11) is 1.67. The van der Waals surface area contributed by atoms with E-state index in [1.165, 1.54) is 23.1 Å². The number of hydrogen-bond donors (Lipinski definition) is 1. The lowest BCUT2D eigenvalue weighted by molar-refractivity contribution is 0.100. The molecule has 7 nitrogen and oxygen atoms in total. The fraction of sp³-hybridized carbons (Fsp3) is 0.143. The largest absolute Gasteiger partial charge is 0.319 e. The minimum atomic E-state index is -2.94. The Labute approximate surface area is 139 Å². The van der Waals surface area contributed by atoms with E-state index < -0.39 is 18.0 Å². The van der Waals surface area contributed by atoms with Gasteiger partial charge in [0.15, 0.2) is 5.82 Å². The highest BCUT2D eigenvalue weighted by atomic mass is 35.5. The van der Waals surface area contributed by atoms with Gasteiger partial charge < -0.3 is 5.32 Å². The van der Waals surface area contributed by atoms with Crippen LogP contribution in [0.25, 0.3) is 5.82 Å². The molecule has 24 heavy (non-hydrogen) atoms. The first-order chi connectivity index (χ1) is 11.5. The number of aromatic nitrogens is 5. The number of anilines is 1. The van der Waals surface area contributed by atoms with Crippen LogP contribution in [0.4, 0.5) is 14.5 Å². The van der Waals surface area contributed by atoms with Crippen molar-refractivity contribution in [3.8, 4) is 5.82 Å². The molecule has 10 heteroatoms. The van der Waals surface area contributed by atoms with Crippen LogP contribution < -0.4 is 5.32 Å². The average Bonchev–Trinajstić information content (AvgIpc) is 3.14. The molecule has 0 atom stereocenters. The second-order valence-electron chi connectivity index (χ2n) is 4.82. The van der Waals surface area contributed by atoms with Gasteiger partial charge in [0.05, 0.1) is 28.7 Å². The Balaban J connectivity index is 2.00. The first kappa shape index (κ1) is 16.1. The molecule has 0 aromatic carbocycles. The summed E-state index contributed by atoms with van der Waals surface area (Å²) in [6.45, 7) is 0. The molecule has 0 radical (unpaired) electrons. The molecule has 0 aliphatic heterocycles. The summed E-state index contributed by atoms with van der Waals surface area (Å²) < 4.78 is 29.4. The van der Waals surface area contributed by atoms with E-state index in [1.54, 1.807) is 19.3 Å². The maximum atomic E-state index is 13.5. The molecule has 0 saturated heterocycles. The van der Waals surface area contributed by atoms with Crippen molar-refractivity contribution in [3.05, 3.63) is 53.2 Å². The number of nitrogens with one attached hydrogen (secondary N) is 1. The molecular formula is C14H11ClF2N6O. The molecule has 3 aromatic heterocycles. The summed E-state index contributed by atoms with van der Waals surface area (Å²) in [6, 6.07) is 3.06. The van der Waals surface area contributed by atoms with Crippen LogP contribution in [0.5, 0.6) is 0 Å². The zero-order valence-corrected chi connectivity index (χ0v) is 13.1. The molecule has 0 aliphatic rings. The fourth-order valence-corrected chi connectivity index (χ4v) is 2.33. The Kier molecular flexibility index (Phi) is 4.26. The minimum absolute atomic E-state index is 0.0231. The lowest BCUT2D eigenvalue weighted by Gasteiger charge is -2.09. The fourth-order valence-electron chi connectivity index (χ4n) is 2.13. The van der Waals surface area contributed by atoms with E-state index in [9.17, 15) is 13.6 Å². The highest BCUT2D eigenvalue weighted by molar-refractivity contribution is 6.32. The van der Waals surface area contributed by atoms with Crippen molar-refractivity contribution in [1.82, 2.24) is 24.5 Å². The lowest BCUT2D eigenvalue weighted by Crippen LogP contribution is -2.15. The lowest BCUT2D eigenvalue weighted by atomic mass is 10.2. The standard InChI is InChI=1S/C14H11ClF2N6O/c1-22-7-8(5-19-22)21-14(24)9-6-20-23(11(9)12(16)17)13-10(15)3-2-4-18-13/h2-7,12H,1H3,(H,21,24). The molecule has 3 heterocycles. The number of aryl methyl sites for hydroxylation is 1. The van der Waals surface area contributed by atoms with E-state index in [0.717, 1.165) is 10.9 Å². The van der Waals surface area contributed by atoms with Crippen LogP contribution >= 0.6 is 11.6 Å². The van der Waals surface area contributed by atoms with Crippen LogP contribution in [0.15, 0.2) is 36.9 Å². The van der Waals surface area contributed by atoms with Crippen molar-refractivity contribution in [2.75, 3.05) is 5.32 Å². The van der Waals surface area contributed by atoms with Gasteiger partial charge >= 0.3 is 0 Å². The molecule has 1 amide bonds. The van der Waals surface area contributed by atoms with Crippen molar-refractivity contribution >= 4 is 23.2 Å². The number of hydrogen-bond acceptors (Lipinski definition) is 4. The zero-order chi connectivity index (χ0) is 17.3. The van der Waals surface area contributed by atoms with Crippen molar-refractivity contribution in [2.24, 2.45) is 7.05 Å². The summed E-state index contributed by atoms with van der Waals surface area (Å²) in [5.74, 6) is -0.702. The van der Waals surface area contributed by atoms with Gasteiger partial charge in [-0.3, -0.25) is 9.48 Å². The van der Waals surface area contributed by atoms with Crippen molar-refractivity contribution in [2.45, 2.75) is 6.43 Å². The van der Waals surface area contributed by atoms with E-state index in [1.807, 2.05) is 0 Å². The van der Waals surface area contributed by atoms with Gasteiger partial charge in [-0.25, -0.2) is 18.4 Å². The van der Waals surface area contributed by atoms with Gasteiger partial charge in [0, 0.05) is 19.4 Å². The molecule has 1 N–H and O–H groups in total. The summed E-state index contributed by atoms with van der Waals surface area (Å²) in [6.07, 6.45) is 2.45. The number of pyridine rings is 1. The van der Waals surface area contributed by atoms with E-state index >= 15 is 0 Å². The van der Waals surface area contributed by atoms with E-state index in [-0.39, 0.29) is 16.4 Å². The number of halogens is 3. The molecule has 124 valence electrons. The maximum absolute atomic E-state index is 13.5. The molecule has 3 aromatic rings. The van der Waals surface area contributed by atoms with Crippen LogP contribution in [0.2, 0.25) is 5.02 Å². The topological polar surface area (TPSA) is 77.6 Å². The van der Waals surface area contributed by atoms with Gasteiger partial charge in [-0.1, -0.05) is 11.6 Å². The van der Waals surface area contributed by atoms with Gasteiger partial charge in [-0.15, -0.1) is 0 Å². The molecule has 0 fully saturated rings. The Hall–Kier alpha value is -2.81. The van der Waals surface area contributed by atoms with Crippen LogP contribution in [0.3, 0.4) is 0 Å². The Morgan fingerprint density at radius 2 is 2.12 bits per heavy atom. The number of carbonyl (C=O) groups is 1. The zero-order valence-electron chi connectivity index (χ0n) is 12.3. The minimum Gasteiger partial charge on any atom is -0.319 e. The Bertz CT molecular complexity index is 891. The average molecular weight is 353 g/mol. The molecule has 0 unspecified atom stereocenters. The third-order valence-electron chi connectivity index (χ3n) is 3.16. The number of amides is 1. The van der Waals surface area contributed by atoms with E-state index in [4.69, 9.17) is 11.6 Å². The quantitative estimate of drug-likeness (QED) is 0.783. The molecule has 0 spiro atoms. The monoisotopic (exact) mass is 352 g/mol. The van der Waals surface area contributed by atoms with Gasteiger partial charge in [-0.05, 0) is 12.1 Å². The molecular weight excluding hydrogens is 342 g/mol. The van der Waals surface area contributed by atoms with Gasteiger partial charge in [0.2, 0.25) is 0 Å². The molecule has 0 aliphatic carbocycles. The number of rotatable bonds is 4. The first-order valence-electron chi connectivity index (χ1n) is 6.74. The van der Waals surface area contributed by atoms with Gasteiger partial charge in [0.1, 0.15) is 5.69 Å². The van der Waals surface area contributed by atoms with Gasteiger partial charge in [0.25, 0.3) is 12.3 Å². The van der Waals surface area contributed by atoms with E-state index in [0.29, 0.717) is 5.69 Å². The molecule has 0 bridgehead atoms. The smallest absolute Gasteiger partial charge is 0.281 e. The molecule has 0 saturated carbocycles. The third-order valence-corrected chi connectivity index (χ3v) is 3.46.